The Morgan fingerprint density at radius 1 is 1.15 bits per heavy atom. The zero-order chi connectivity index (χ0) is 18.9. The summed E-state index contributed by atoms with van der Waals surface area (Å²) < 4.78 is 30.4. The van der Waals surface area contributed by atoms with Crippen LogP contribution in [0.25, 0.3) is 0 Å². The molecule has 1 aromatic heterocycles. The van der Waals surface area contributed by atoms with Crippen LogP contribution in [0, 0.1) is 0 Å². The van der Waals surface area contributed by atoms with E-state index >= 15 is 0 Å². The van der Waals surface area contributed by atoms with E-state index in [0.29, 0.717) is 13.1 Å². The Kier molecular flexibility index (Phi) is 4.84. The third-order valence-electron chi connectivity index (χ3n) is 4.47. The summed E-state index contributed by atoms with van der Waals surface area (Å²) in [6, 6.07) is 8.37. The molecule has 0 radical (unpaired) electrons. The summed E-state index contributed by atoms with van der Waals surface area (Å²) in [5.41, 5.74) is 1.12. The van der Waals surface area contributed by atoms with E-state index < -0.39 is 10.1 Å². The zero-order valence-corrected chi connectivity index (χ0v) is 16.1. The smallest absolute Gasteiger partial charge is 0.340 e. The van der Waals surface area contributed by atoms with E-state index in [1.165, 1.54) is 12.3 Å². The lowest BCUT2D eigenvalue weighted by Gasteiger charge is -2.19. The van der Waals surface area contributed by atoms with E-state index in [4.69, 9.17) is 4.18 Å². The highest BCUT2D eigenvalue weighted by Crippen LogP contribution is 2.27. The lowest BCUT2D eigenvalue weighted by molar-refractivity contribution is 0.0787. The van der Waals surface area contributed by atoms with Crippen molar-refractivity contribution in [3.05, 3.63) is 47.8 Å². The molecule has 0 unspecified atom stereocenters. The highest BCUT2D eigenvalue weighted by atomic mass is 32.2. The van der Waals surface area contributed by atoms with Crippen molar-refractivity contribution in [1.29, 1.82) is 0 Å². The third kappa shape index (κ3) is 3.93. The molecule has 26 heavy (non-hydrogen) atoms. The van der Waals surface area contributed by atoms with Crippen molar-refractivity contribution in [2.75, 3.05) is 13.1 Å². The fraction of sp³-hybridized carbons (Fsp3) is 0.421. The SMILES string of the molecule is CC(C)(C)c1cccc(OS(=O)(=O)c2c[nH]c(C(=O)N3CCCC3)c2)c1. The van der Waals surface area contributed by atoms with Gasteiger partial charge in [-0.15, -0.1) is 0 Å². The van der Waals surface area contributed by atoms with Crippen molar-refractivity contribution in [3.63, 3.8) is 0 Å². The topological polar surface area (TPSA) is 79.5 Å². The van der Waals surface area contributed by atoms with Crippen molar-refractivity contribution in [2.24, 2.45) is 0 Å². The maximum absolute atomic E-state index is 12.6. The molecule has 1 N–H and O–H groups in total. The first-order valence-electron chi connectivity index (χ1n) is 8.69. The maximum Gasteiger partial charge on any atom is 0.340 e. The van der Waals surface area contributed by atoms with Gasteiger partial charge in [0.15, 0.2) is 0 Å². The Labute approximate surface area is 154 Å². The summed E-state index contributed by atoms with van der Waals surface area (Å²) in [6.07, 6.45) is 3.25. The number of nitrogens with one attached hydrogen (secondary N) is 1. The van der Waals surface area contributed by atoms with Crippen LogP contribution in [-0.4, -0.2) is 37.3 Å². The molecule has 2 aromatic rings. The monoisotopic (exact) mass is 376 g/mol. The molecule has 7 heteroatoms. The van der Waals surface area contributed by atoms with Gasteiger partial charge >= 0.3 is 10.1 Å². The Bertz CT molecular complexity index is 904. The van der Waals surface area contributed by atoms with Gasteiger partial charge in [0.05, 0.1) is 0 Å². The standard InChI is InChI=1S/C19H24N2O4S/c1-19(2,3)14-7-6-8-15(11-14)25-26(23,24)16-12-17(20-13-16)18(22)21-9-4-5-10-21/h6-8,11-13,20H,4-5,9-10H2,1-3H3. The predicted molar refractivity (Wildman–Crippen MR) is 98.9 cm³/mol. The molecule has 0 saturated carbocycles. The van der Waals surface area contributed by atoms with Gasteiger partial charge in [-0.05, 0) is 42.0 Å². The molecule has 6 nitrogen and oxygen atoms in total. The maximum atomic E-state index is 12.6. The van der Waals surface area contributed by atoms with Gasteiger partial charge in [0.25, 0.3) is 5.91 Å². The number of likely N-dealkylation sites (tertiary alicyclic amines) is 1. The fourth-order valence-electron chi connectivity index (χ4n) is 2.92. The van der Waals surface area contributed by atoms with Crippen molar-refractivity contribution in [3.8, 4) is 5.75 Å². The van der Waals surface area contributed by atoms with Gasteiger partial charge in [-0.1, -0.05) is 32.9 Å². The summed E-state index contributed by atoms with van der Waals surface area (Å²) in [5.74, 6) is 0.0738. The molecule has 1 aliphatic rings. The van der Waals surface area contributed by atoms with E-state index in [-0.39, 0.29) is 27.7 Å². The number of nitrogens with zero attached hydrogens (tertiary/aromatic N) is 1. The van der Waals surface area contributed by atoms with Gasteiger partial charge in [0.2, 0.25) is 0 Å². The third-order valence-corrected chi connectivity index (χ3v) is 5.70. The molecule has 2 heterocycles. The molecule has 1 fully saturated rings. The molecule has 1 amide bonds. The van der Waals surface area contributed by atoms with E-state index in [1.807, 2.05) is 26.8 Å². The Morgan fingerprint density at radius 2 is 1.85 bits per heavy atom. The van der Waals surface area contributed by atoms with Gasteiger partial charge in [-0.2, -0.15) is 8.42 Å². The normalized spacial score (nSPS) is 15.3. The molecule has 0 spiro atoms. The van der Waals surface area contributed by atoms with Crippen LogP contribution in [0.15, 0.2) is 41.4 Å². The van der Waals surface area contributed by atoms with Crippen LogP contribution in [0.3, 0.4) is 0 Å². The first-order chi connectivity index (χ1) is 12.2. The molecule has 0 aliphatic carbocycles. The number of carbonyl (C=O) groups is 1. The van der Waals surface area contributed by atoms with Crippen molar-refractivity contribution < 1.29 is 17.4 Å². The second-order valence-corrected chi connectivity index (χ2v) is 9.11. The average molecular weight is 376 g/mol. The van der Waals surface area contributed by atoms with E-state index in [0.717, 1.165) is 18.4 Å². The second kappa shape index (κ2) is 6.79. The van der Waals surface area contributed by atoms with Gasteiger partial charge in [-0.25, -0.2) is 0 Å². The van der Waals surface area contributed by atoms with Gasteiger partial charge in [0, 0.05) is 19.3 Å². The number of carbonyl (C=O) groups excluding carboxylic acids is 1. The van der Waals surface area contributed by atoms with Crippen LogP contribution in [0.2, 0.25) is 0 Å². The molecular formula is C19H24N2O4S. The number of aromatic amines is 1. The minimum atomic E-state index is -4.01. The first-order valence-corrected chi connectivity index (χ1v) is 10.1. The summed E-state index contributed by atoms with van der Waals surface area (Å²) in [5, 5.41) is 0. The number of H-pyrrole nitrogens is 1. The number of benzene rings is 1. The molecule has 1 saturated heterocycles. The van der Waals surface area contributed by atoms with Crippen molar-refractivity contribution in [1.82, 2.24) is 9.88 Å². The molecule has 140 valence electrons. The summed E-state index contributed by atoms with van der Waals surface area (Å²) in [6.45, 7) is 7.54. The molecular weight excluding hydrogens is 352 g/mol. The average Bonchev–Trinajstić information content (AvgIpc) is 3.25. The van der Waals surface area contributed by atoms with Crippen LogP contribution >= 0.6 is 0 Å². The summed E-state index contributed by atoms with van der Waals surface area (Å²) >= 11 is 0. The summed E-state index contributed by atoms with van der Waals surface area (Å²) in [7, 11) is -4.01. The van der Waals surface area contributed by atoms with Crippen LogP contribution in [0.4, 0.5) is 0 Å². The van der Waals surface area contributed by atoms with E-state index in [2.05, 4.69) is 4.98 Å². The Hall–Kier alpha value is -2.28. The first kappa shape index (κ1) is 18.5. The number of rotatable bonds is 4. The van der Waals surface area contributed by atoms with Crippen LogP contribution in [0.5, 0.6) is 5.75 Å². The molecule has 3 rings (SSSR count). The molecule has 1 aromatic carbocycles. The number of hydrogen-bond acceptors (Lipinski definition) is 4. The number of hydrogen-bond donors (Lipinski definition) is 1. The van der Waals surface area contributed by atoms with E-state index in [9.17, 15) is 13.2 Å². The molecule has 0 atom stereocenters. The second-order valence-electron chi connectivity index (χ2n) is 7.56. The van der Waals surface area contributed by atoms with Gasteiger partial charge in [0.1, 0.15) is 16.3 Å². The van der Waals surface area contributed by atoms with Gasteiger partial charge in [-0.3, -0.25) is 4.79 Å². The largest absolute Gasteiger partial charge is 0.379 e. The minimum Gasteiger partial charge on any atom is -0.379 e. The lowest BCUT2D eigenvalue weighted by Crippen LogP contribution is -2.27. The Morgan fingerprint density at radius 3 is 2.50 bits per heavy atom. The van der Waals surface area contributed by atoms with Crippen LogP contribution in [-0.2, 0) is 15.5 Å². The lowest BCUT2D eigenvalue weighted by atomic mass is 9.87. The highest BCUT2D eigenvalue weighted by molar-refractivity contribution is 7.87. The Balaban J connectivity index is 1.80. The zero-order valence-electron chi connectivity index (χ0n) is 15.3. The van der Waals surface area contributed by atoms with E-state index in [1.54, 1.807) is 23.1 Å². The van der Waals surface area contributed by atoms with Crippen molar-refractivity contribution >= 4 is 16.0 Å². The predicted octanol–water partition coefficient (Wildman–Crippen LogP) is 3.32. The molecule has 1 aliphatic heterocycles. The van der Waals surface area contributed by atoms with Crippen LogP contribution in [0.1, 0.15) is 49.7 Å². The fourth-order valence-corrected chi connectivity index (χ4v) is 3.84. The quantitative estimate of drug-likeness (QED) is 0.830. The highest BCUT2D eigenvalue weighted by Gasteiger charge is 2.25. The van der Waals surface area contributed by atoms with Crippen LogP contribution < -0.4 is 4.18 Å². The number of amides is 1. The van der Waals surface area contributed by atoms with Crippen molar-refractivity contribution in [2.45, 2.75) is 43.9 Å². The number of aromatic nitrogens is 1. The summed E-state index contributed by atoms with van der Waals surface area (Å²) in [4.78, 5) is 16.8. The van der Waals surface area contributed by atoms with Gasteiger partial charge < -0.3 is 14.1 Å². The minimum absolute atomic E-state index is 0.0544. The molecule has 0 bridgehead atoms.